The van der Waals surface area contributed by atoms with Crippen LogP contribution in [0.15, 0.2) is 54.9 Å². The first-order chi connectivity index (χ1) is 10.3. The normalized spacial score (nSPS) is 18.0. The average molecular weight is 278 g/mol. The summed E-state index contributed by atoms with van der Waals surface area (Å²) in [7, 11) is 0. The molecule has 3 aromatic rings. The van der Waals surface area contributed by atoms with Gasteiger partial charge in [0, 0.05) is 30.7 Å². The molecular weight excluding hydrogens is 260 g/mol. The zero-order valence-corrected chi connectivity index (χ0v) is 11.8. The van der Waals surface area contributed by atoms with Crippen LogP contribution in [0.5, 0.6) is 0 Å². The van der Waals surface area contributed by atoms with Gasteiger partial charge in [-0.25, -0.2) is 4.98 Å². The first-order valence-corrected chi connectivity index (χ1v) is 7.33. The van der Waals surface area contributed by atoms with Gasteiger partial charge in [0.1, 0.15) is 5.65 Å². The molecule has 0 aliphatic carbocycles. The minimum absolute atomic E-state index is 0.151. The molecule has 4 heteroatoms. The second-order valence-corrected chi connectivity index (χ2v) is 5.57. The lowest BCUT2D eigenvalue weighted by Crippen LogP contribution is -2.33. The highest BCUT2D eigenvalue weighted by atomic mass is 15.2. The van der Waals surface area contributed by atoms with Crippen molar-refractivity contribution in [3.05, 3.63) is 66.1 Å². The monoisotopic (exact) mass is 278 g/mol. The maximum atomic E-state index is 6.22. The van der Waals surface area contributed by atoms with Gasteiger partial charge in [-0.3, -0.25) is 0 Å². The van der Waals surface area contributed by atoms with E-state index in [0.29, 0.717) is 0 Å². The standard InChI is InChI=1S/C17H18N4/c18-15-8-10-20(16-6-2-1-5-14(15)16)11-13-12-21-9-4-3-7-17(21)19-13/h1-7,9,12,15H,8,10-11,18H2. The van der Waals surface area contributed by atoms with Gasteiger partial charge in [-0.05, 0) is 30.2 Å². The highest BCUT2D eigenvalue weighted by Gasteiger charge is 2.22. The van der Waals surface area contributed by atoms with Crippen molar-refractivity contribution in [3.8, 4) is 0 Å². The topological polar surface area (TPSA) is 46.6 Å². The van der Waals surface area contributed by atoms with E-state index in [9.17, 15) is 0 Å². The number of hydrogen-bond acceptors (Lipinski definition) is 3. The van der Waals surface area contributed by atoms with Crippen molar-refractivity contribution in [3.63, 3.8) is 0 Å². The number of anilines is 1. The van der Waals surface area contributed by atoms with Crippen molar-refractivity contribution in [2.75, 3.05) is 11.4 Å². The third-order valence-electron chi connectivity index (χ3n) is 4.15. The molecule has 1 aliphatic heterocycles. The van der Waals surface area contributed by atoms with Crippen molar-refractivity contribution in [2.45, 2.75) is 19.0 Å². The Balaban J connectivity index is 1.67. The van der Waals surface area contributed by atoms with Crippen LogP contribution >= 0.6 is 0 Å². The molecule has 0 radical (unpaired) electrons. The molecule has 4 nitrogen and oxygen atoms in total. The first kappa shape index (κ1) is 12.4. The molecule has 2 aromatic heterocycles. The number of hydrogen-bond donors (Lipinski definition) is 1. The molecule has 1 aromatic carbocycles. The van der Waals surface area contributed by atoms with Crippen LogP contribution in [0, 0.1) is 0 Å². The number of para-hydroxylation sites is 1. The largest absolute Gasteiger partial charge is 0.365 e. The second-order valence-electron chi connectivity index (χ2n) is 5.57. The number of nitrogens with zero attached hydrogens (tertiary/aromatic N) is 3. The fourth-order valence-corrected chi connectivity index (χ4v) is 3.08. The highest BCUT2D eigenvalue weighted by Crippen LogP contribution is 2.32. The molecule has 4 rings (SSSR count). The van der Waals surface area contributed by atoms with Crippen molar-refractivity contribution < 1.29 is 0 Å². The smallest absolute Gasteiger partial charge is 0.137 e. The van der Waals surface area contributed by atoms with Crippen LogP contribution in [0.4, 0.5) is 5.69 Å². The number of imidazole rings is 1. The molecule has 0 saturated carbocycles. The lowest BCUT2D eigenvalue weighted by Gasteiger charge is -2.33. The Morgan fingerprint density at radius 2 is 2.00 bits per heavy atom. The minimum atomic E-state index is 0.151. The predicted molar refractivity (Wildman–Crippen MR) is 84.2 cm³/mol. The van der Waals surface area contributed by atoms with E-state index in [0.717, 1.165) is 30.9 Å². The van der Waals surface area contributed by atoms with E-state index in [2.05, 4.69) is 44.7 Å². The van der Waals surface area contributed by atoms with E-state index >= 15 is 0 Å². The van der Waals surface area contributed by atoms with E-state index in [-0.39, 0.29) is 6.04 Å². The third-order valence-corrected chi connectivity index (χ3v) is 4.15. The van der Waals surface area contributed by atoms with Crippen LogP contribution < -0.4 is 10.6 Å². The second kappa shape index (κ2) is 4.90. The van der Waals surface area contributed by atoms with Gasteiger partial charge < -0.3 is 15.0 Å². The van der Waals surface area contributed by atoms with E-state index in [1.165, 1.54) is 11.3 Å². The SMILES string of the molecule is NC1CCN(Cc2cn3ccccc3n2)c2ccccc21. The van der Waals surface area contributed by atoms with Gasteiger partial charge in [-0.15, -0.1) is 0 Å². The van der Waals surface area contributed by atoms with Gasteiger partial charge >= 0.3 is 0 Å². The van der Waals surface area contributed by atoms with Gasteiger partial charge in [0.15, 0.2) is 0 Å². The summed E-state index contributed by atoms with van der Waals surface area (Å²) in [5.41, 5.74) is 10.8. The molecule has 1 unspecified atom stereocenters. The molecule has 0 amide bonds. The van der Waals surface area contributed by atoms with Crippen LogP contribution in [-0.2, 0) is 6.54 Å². The summed E-state index contributed by atoms with van der Waals surface area (Å²) in [5.74, 6) is 0. The summed E-state index contributed by atoms with van der Waals surface area (Å²) >= 11 is 0. The van der Waals surface area contributed by atoms with Crippen molar-refractivity contribution in [1.82, 2.24) is 9.38 Å². The molecule has 2 N–H and O–H groups in total. The summed E-state index contributed by atoms with van der Waals surface area (Å²) in [5, 5.41) is 0. The van der Waals surface area contributed by atoms with E-state index < -0.39 is 0 Å². The molecule has 0 saturated heterocycles. The van der Waals surface area contributed by atoms with Crippen LogP contribution in [-0.4, -0.2) is 15.9 Å². The first-order valence-electron chi connectivity index (χ1n) is 7.33. The Kier molecular flexibility index (Phi) is 2.89. The van der Waals surface area contributed by atoms with Gasteiger partial charge in [0.25, 0.3) is 0 Å². The molecule has 21 heavy (non-hydrogen) atoms. The molecule has 0 fully saturated rings. The van der Waals surface area contributed by atoms with Crippen LogP contribution in [0.3, 0.4) is 0 Å². The molecule has 1 aliphatic rings. The van der Waals surface area contributed by atoms with Gasteiger partial charge in [-0.1, -0.05) is 24.3 Å². The van der Waals surface area contributed by atoms with Crippen molar-refractivity contribution in [2.24, 2.45) is 5.73 Å². The molecule has 106 valence electrons. The van der Waals surface area contributed by atoms with E-state index in [1.54, 1.807) is 0 Å². The summed E-state index contributed by atoms with van der Waals surface area (Å²) < 4.78 is 2.07. The van der Waals surface area contributed by atoms with Crippen LogP contribution in [0.25, 0.3) is 5.65 Å². The lowest BCUT2D eigenvalue weighted by atomic mass is 9.97. The Morgan fingerprint density at radius 3 is 2.90 bits per heavy atom. The Bertz CT molecular complexity index is 744. The van der Waals surface area contributed by atoms with Gasteiger partial charge in [-0.2, -0.15) is 0 Å². The van der Waals surface area contributed by atoms with Crippen molar-refractivity contribution in [1.29, 1.82) is 0 Å². The molecule has 1 atom stereocenters. The number of rotatable bonds is 2. The zero-order valence-electron chi connectivity index (χ0n) is 11.8. The Labute approximate surface area is 123 Å². The van der Waals surface area contributed by atoms with Crippen molar-refractivity contribution >= 4 is 11.3 Å². The highest BCUT2D eigenvalue weighted by molar-refractivity contribution is 5.57. The number of pyridine rings is 1. The number of benzene rings is 1. The summed E-state index contributed by atoms with van der Waals surface area (Å²) in [6, 6.07) is 14.7. The molecular formula is C17H18N4. The Hall–Kier alpha value is -2.33. The van der Waals surface area contributed by atoms with Crippen LogP contribution in [0.1, 0.15) is 23.7 Å². The predicted octanol–water partition coefficient (Wildman–Crippen LogP) is 2.74. The Morgan fingerprint density at radius 1 is 1.14 bits per heavy atom. The number of fused-ring (bicyclic) bond motifs is 2. The average Bonchev–Trinajstić information content (AvgIpc) is 2.93. The zero-order chi connectivity index (χ0) is 14.2. The fraction of sp³-hybridized carbons (Fsp3) is 0.235. The van der Waals surface area contributed by atoms with E-state index in [1.807, 2.05) is 24.4 Å². The maximum absolute atomic E-state index is 6.22. The van der Waals surface area contributed by atoms with Gasteiger partial charge in [0.05, 0.1) is 12.2 Å². The summed E-state index contributed by atoms with van der Waals surface area (Å²) in [4.78, 5) is 7.06. The molecule has 0 bridgehead atoms. The maximum Gasteiger partial charge on any atom is 0.137 e. The van der Waals surface area contributed by atoms with Crippen LogP contribution in [0.2, 0.25) is 0 Å². The number of aromatic nitrogens is 2. The summed E-state index contributed by atoms with van der Waals surface area (Å²) in [6.45, 7) is 1.80. The minimum Gasteiger partial charge on any atom is -0.365 e. The number of nitrogens with two attached hydrogens (primary N) is 1. The quantitative estimate of drug-likeness (QED) is 0.784. The molecule has 0 spiro atoms. The fourth-order valence-electron chi connectivity index (χ4n) is 3.08. The lowest BCUT2D eigenvalue weighted by molar-refractivity contribution is 0.588. The summed E-state index contributed by atoms with van der Waals surface area (Å²) in [6.07, 6.45) is 5.13. The van der Waals surface area contributed by atoms with E-state index in [4.69, 9.17) is 5.73 Å². The van der Waals surface area contributed by atoms with Gasteiger partial charge in [0.2, 0.25) is 0 Å². The third kappa shape index (κ3) is 2.17. The molecule has 3 heterocycles.